The molecule has 2 aromatic rings. The van der Waals surface area contributed by atoms with Gasteiger partial charge in [-0.25, -0.2) is 9.48 Å². The van der Waals surface area contributed by atoms with Crippen LogP contribution >= 0.6 is 0 Å². The number of carboxylic acids is 1. The highest BCUT2D eigenvalue weighted by Gasteiger charge is 2.33. The SMILES string of the molecule is CC(C(=O)O)N1C(=O)CCn2nc(-c3ccccc3)cc21. The van der Waals surface area contributed by atoms with Gasteiger partial charge in [-0.2, -0.15) is 5.10 Å². The van der Waals surface area contributed by atoms with Crippen molar-refractivity contribution in [3.8, 4) is 11.3 Å². The maximum absolute atomic E-state index is 12.1. The van der Waals surface area contributed by atoms with Crippen LogP contribution in [-0.2, 0) is 16.1 Å². The van der Waals surface area contributed by atoms with E-state index in [2.05, 4.69) is 5.10 Å². The molecule has 2 heterocycles. The van der Waals surface area contributed by atoms with E-state index in [9.17, 15) is 14.7 Å². The van der Waals surface area contributed by atoms with E-state index in [0.29, 0.717) is 12.4 Å². The highest BCUT2D eigenvalue weighted by molar-refractivity contribution is 5.99. The zero-order valence-electron chi connectivity index (χ0n) is 11.6. The van der Waals surface area contributed by atoms with Crippen molar-refractivity contribution in [2.75, 3.05) is 4.90 Å². The van der Waals surface area contributed by atoms with Crippen molar-refractivity contribution in [2.24, 2.45) is 0 Å². The molecule has 0 aliphatic carbocycles. The maximum Gasteiger partial charge on any atom is 0.326 e. The quantitative estimate of drug-likeness (QED) is 0.932. The fourth-order valence-electron chi connectivity index (χ4n) is 2.49. The summed E-state index contributed by atoms with van der Waals surface area (Å²) in [6.45, 7) is 1.98. The predicted octanol–water partition coefficient (Wildman–Crippen LogP) is 1.76. The lowest BCUT2D eigenvalue weighted by Crippen LogP contribution is -2.47. The average molecular weight is 285 g/mol. The van der Waals surface area contributed by atoms with Crippen molar-refractivity contribution in [3.63, 3.8) is 0 Å². The number of carbonyl (C=O) groups excluding carboxylic acids is 1. The number of fused-ring (bicyclic) bond motifs is 1. The summed E-state index contributed by atoms with van der Waals surface area (Å²) in [7, 11) is 0. The van der Waals surface area contributed by atoms with Gasteiger partial charge in [-0.3, -0.25) is 9.69 Å². The molecule has 1 aliphatic rings. The minimum absolute atomic E-state index is 0.183. The third-order valence-corrected chi connectivity index (χ3v) is 3.63. The number of rotatable bonds is 3. The Morgan fingerprint density at radius 2 is 2.05 bits per heavy atom. The molecule has 0 saturated heterocycles. The molecule has 6 heteroatoms. The number of carbonyl (C=O) groups is 2. The Morgan fingerprint density at radius 3 is 2.71 bits per heavy atom. The normalized spacial score (nSPS) is 15.7. The van der Waals surface area contributed by atoms with Gasteiger partial charge in [0.1, 0.15) is 11.9 Å². The molecule has 1 N–H and O–H groups in total. The molecule has 108 valence electrons. The van der Waals surface area contributed by atoms with E-state index >= 15 is 0 Å². The second-order valence-electron chi connectivity index (χ2n) is 5.00. The first-order valence-corrected chi connectivity index (χ1v) is 6.76. The van der Waals surface area contributed by atoms with Crippen LogP contribution in [-0.4, -0.2) is 32.8 Å². The summed E-state index contributed by atoms with van der Waals surface area (Å²) in [5.41, 5.74) is 1.68. The molecular formula is C15H15N3O3. The lowest BCUT2D eigenvalue weighted by atomic mass is 10.1. The van der Waals surface area contributed by atoms with Gasteiger partial charge in [0, 0.05) is 18.1 Å². The smallest absolute Gasteiger partial charge is 0.326 e. The van der Waals surface area contributed by atoms with E-state index in [-0.39, 0.29) is 12.3 Å². The van der Waals surface area contributed by atoms with Crippen LogP contribution in [0.5, 0.6) is 0 Å². The van der Waals surface area contributed by atoms with Crippen LogP contribution in [0.1, 0.15) is 13.3 Å². The highest BCUT2D eigenvalue weighted by Crippen LogP contribution is 2.29. The van der Waals surface area contributed by atoms with E-state index in [0.717, 1.165) is 11.3 Å². The molecule has 0 bridgehead atoms. The fourth-order valence-corrected chi connectivity index (χ4v) is 2.49. The summed E-state index contributed by atoms with van der Waals surface area (Å²) in [6, 6.07) is 10.5. The number of aliphatic carboxylic acids is 1. The molecule has 1 amide bonds. The van der Waals surface area contributed by atoms with Crippen LogP contribution in [0.25, 0.3) is 11.3 Å². The zero-order chi connectivity index (χ0) is 15.0. The van der Waals surface area contributed by atoms with Gasteiger partial charge in [0.15, 0.2) is 0 Å². The molecule has 1 unspecified atom stereocenters. The maximum atomic E-state index is 12.1. The van der Waals surface area contributed by atoms with Crippen LogP contribution in [0.4, 0.5) is 5.82 Å². The van der Waals surface area contributed by atoms with Gasteiger partial charge in [0.05, 0.1) is 12.2 Å². The third-order valence-electron chi connectivity index (χ3n) is 3.63. The van der Waals surface area contributed by atoms with Crippen LogP contribution in [0.2, 0.25) is 0 Å². The van der Waals surface area contributed by atoms with Crippen LogP contribution < -0.4 is 4.90 Å². The summed E-state index contributed by atoms with van der Waals surface area (Å²) in [5, 5.41) is 13.7. The third kappa shape index (κ3) is 2.29. The Balaban J connectivity index is 2.05. The topological polar surface area (TPSA) is 75.4 Å². The summed E-state index contributed by atoms with van der Waals surface area (Å²) in [5.74, 6) is -0.670. The van der Waals surface area contributed by atoms with Crippen LogP contribution in [0.3, 0.4) is 0 Å². The first kappa shape index (κ1) is 13.4. The van der Waals surface area contributed by atoms with Crippen molar-refractivity contribution in [2.45, 2.75) is 25.9 Å². The van der Waals surface area contributed by atoms with E-state index in [1.807, 2.05) is 30.3 Å². The molecule has 0 spiro atoms. The standard InChI is InChI=1S/C15H15N3O3/c1-10(15(20)21)18-13-9-12(11-5-3-2-4-6-11)16-17(13)8-7-14(18)19/h2-6,9-10H,7-8H2,1H3,(H,20,21). The Hall–Kier alpha value is -2.63. The van der Waals surface area contributed by atoms with Gasteiger partial charge in [0.25, 0.3) is 0 Å². The summed E-state index contributed by atoms with van der Waals surface area (Å²) in [4.78, 5) is 24.6. The lowest BCUT2D eigenvalue weighted by molar-refractivity contribution is -0.139. The average Bonchev–Trinajstić information content (AvgIpc) is 2.91. The molecule has 3 rings (SSSR count). The number of aryl methyl sites for hydroxylation is 1. The van der Waals surface area contributed by atoms with Gasteiger partial charge in [-0.15, -0.1) is 0 Å². The summed E-state index contributed by atoms with van der Waals surface area (Å²) in [6.07, 6.45) is 0.264. The largest absolute Gasteiger partial charge is 0.480 e. The molecular weight excluding hydrogens is 270 g/mol. The Morgan fingerprint density at radius 1 is 1.33 bits per heavy atom. The number of nitrogens with zero attached hydrogens (tertiary/aromatic N) is 3. The molecule has 0 saturated carbocycles. The second-order valence-corrected chi connectivity index (χ2v) is 5.00. The molecule has 1 aliphatic heterocycles. The van der Waals surface area contributed by atoms with Gasteiger partial charge in [-0.1, -0.05) is 30.3 Å². The molecule has 1 aromatic heterocycles. The number of hydrogen-bond donors (Lipinski definition) is 1. The summed E-state index contributed by atoms with van der Waals surface area (Å²) < 4.78 is 1.70. The molecule has 0 radical (unpaired) electrons. The Kier molecular flexibility index (Phi) is 3.21. The first-order chi connectivity index (χ1) is 10.1. The number of hydrogen-bond acceptors (Lipinski definition) is 3. The van der Waals surface area contributed by atoms with E-state index < -0.39 is 12.0 Å². The lowest BCUT2D eigenvalue weighted by Gasteiger charge is -2.30. The Bertz CT molecular complexity index is 693. The van der Waals surface area contributed by atoms with Crippen molar-refractivity contribution in [1.29, 1.82) is 0 Å². The first-order valence-electron chi connectivity index (χ1n) is 6.76. The van der Waals surface area contributed by atoms with Gasteiger partial charge in [-0.05, 0) is 6.92 Å². The zero-order valence-corrected chi connectivity index (χ0v) is 11.6. The van der Waals surface area contributed by atoms with E-state index in [4.69, 9.17) is 0 Å². The van der Waals surface area contributed by atoms with E-state index in [1.165, 1.54) is 11.8 Å². The minimum Gasteiger partial charge on any atom is -0.480 e. The Labute approximate surface area is 121 Å². The number of amides is 1. The molecule has 0 fully saturated rings. The van der Waals surface area contributed by atoms with Crippen molar-refractivity contribution >= 4 is 17.7 Å². The molecule has 6 nitrogen and oxygen atoms in total. The number of benzene rings is 1. The number of anilines is 1. The second kappa shape index (κ2) is 5.05. The van der Waals surface area contributed by atoms with Gasteiger partial charge >= 0.3 is 5.97 Å². The summed E-state index contributed by atoms with van der Waals surface area (Å²) >= 11 is 0. The van der Waals surface area contributed by atoms with Gasteiger partial charge in [0.2, 0.25) is 5.91 Å². The van der Waals surface area contributed by atoms with Gasteiger partial charge < -0.3 is 5.11 Å². The number of aromatic nitrogens is 2. The predicted molar refractivity (Wildman–Crippen MR) is 76.9 cm³/mol. The van der Waals surface area contributed by atoms with Crippen LogP contribution in [0.15, 0.2) is 36.4 Å². The fraction of sp³-hybridized carbons (Fsp3) is 0.267. The van der Waals surface area contributed by atoms with Crippen molar-refractivity contribution < 1.29 is 14.7 Å². The minimum atomic E-state index is -1.03. The molecule has 1 aromatic carbocycles. The van der Waals surface area contributed by atoms with Crippen molar-refractivity contribution in [1.82, 2.24) is 9.78 Å². The van der Waals surface area contributed by atoms with Crippen molar-refractivity contribution in [3.05, 3.63) is 36.4 Å². The van der Waals surface area contributed by atoms with Crippen LogP contribution in [0, 0.1) is 0 Å². The molecule has 21 heavy (non-hydrogen) atoms. The molecule has 1 atom stereocenters. The van der Waals surface area contributed by atoms with E-state index in [1.54, 1.807) is 10.7 Å². The highest BCUT2D eigenvalue weighted by atomic mass is 16.4. The number of carboxylic acid groups (broad SMARTS) is 1. The monoisotopic (exact) mass is 285 g/mol.